The molecule has 1 unspecified atom stereocenters. The lowest BCUT2D eigenvalue weighted by Gasteiger charge is -2.33. The molecule has 3 nitrogen and oxygen atoms in total. The standard InChI is InChI=1S/C12H20N2O/c1-5-8-13(9-6-2)12(4)14(11-15)10-7-3/h5-7,11-12H,1-3,8-10H2,4H3. The van der Waals surface area contributed by atoms with Crippen LogP contribution in [0.3, 0.4) is 0 Å². The first kappa shape index (κ1) is 13.7. The molecular formula is C12H20N2O. The number of carbonyl (C=O) groups is 1. The Morgan fingerprint density at radius 3 is 1.87 bits per heavy atom. The van der Waals surface area contributed by atoms with Gasteiger partial charge in [-0.3, -0.25) is 9.69 Å². The molecule has 1 atom stereocenters. The van der Waals surface area contributed by atoms with Crippen LogP contribution in [0.1, 0.15) is 6.92 Å². The Morgan fingerprint density at radius 2 is 1.53 bits per heavy atom. The normalized spacial score (nSPS) is 11.9. The van der Waals surface area contributed by atoms with Crippen LogP contribution in [0.25, 0.3) is 0 Å². The zero-order valence-electron chi connectivity index (χ0n) is 9.43. The molecule has 0 spiro atoms. The van der Waals surface area contributed by atoms with Gasteiger partial charge in [0, 0.05) is 19.6 Å². The molecule has 0 aliphatic rings. The third-order valence-electron chi connectivity index (χ3n) is 2.21. The molecule has 0 N–H and O–H groups in total. The van der Waals surface area contributed by atoms with E-state index < -0.39 is 0 Å². The summed E-state index contributed by atoms with van der Waals surface area (Å²) in [6.45, 7) is 15.0. The zero-order chi connectivity index (χ0) is 11.7. The molecular weight excluding hydrogens is 188 g/mol. The molecule has 0 fully saturated rings. The minimum atomic E-state index is 0.0245. The quantitative estimate of drug-likeness (QED) is 0.327. The molecule has 1 amide bonds. The van der Waals surface area contributed by atoms with E-state index >= 15 is 0 Å². The van der Waals surface area contributed by atoms with Crippen LogP contribution in [0, 0.1) is 0 Å². The first-order valence-corrected chi connectivity index (χ1v) is 4.99. The highest BCUT2D eigenvalue weighted by Crippen LogP contribution is 2.04. The highest BCUT2D eigenvalue weighted by molar-refractivity contribution is 5.47. The van der Waals surface area contributed by atoms with Gasteiger partial charge in [-0.05, 0) is 6.92 Å². The minimum absolute atomic E-state index is 0.0245. The number of hydrogen-bond acceptors (Lipinski definition) is 2. The average Bonchev–Trinajstić information content (AvgIpc) is 2.24. The summed E-state index contributed by atoms with van der Waals surface area (Å²) < 4.78 is 0. The lowest BCUT2D eigenvalue weighted by molar-refractivity contribution is -0.122. The van der Waals surface area contributed by atoms with Crippen molar-refractivity contribution in [3.8, 4) is 0 Å². The number of carbonyl (C=O) groups excluding carboxylic acids is 1. The maximum atomic E-state index is 10.8. The van der Waals surface area contributed by atoms with Gasteiger partial charge in [0.1, 0.15) is 0 Å². The maximum Gasteiger partial charge on any atom is 0.211 e. The lowest BCUT2D eigenvalue weighted by Crippen LogP contribution is -2.46. The van der Waals surface area contributed by atoms with Gasteiger partial charge in [0.2, 0.25) is 6.41 Å². The van der Waals surface area contributed by atoms with Gasteiger partial charge in [-0.15, -0.1) is 19.7 Å². The summed E-state index contributed by atoms with van der Waals surface area (Å²) in [6, 6.07) is 0. The minimum Gasteiger partial charge on any atom is -0.326 e. The first-order valence-electron chi connectivity index (χ1n) is 4.99. The fourth-order valence-corrected chi connectivity index (χ4v) is 1.35. The van der Waals surface area contributed by atoms with Crippen LogP contribution in [0.15, 0.2) is 38.0 Å². The van der Waals surface area contributed by atoms with Crippen molar-refractivity contribution in [2.24, 2.45) is 0 Å². The van der Waals surface area contributed by atoms with E-state index in [9.17, 15) is 4.79 Å². The molecule has 0 aromatic rings. The molecule has 3 heteroatoms. The Kier molecular flexibility index (Phi) is 7.28. The summed E-state index contributed by atoms with van der Waals surface area (Å²) in [7, 11) is 0. The molecule has 15 heavy (non-hydrogen) atoms. The van der Waals surface area contributed by atoms with Crippen molar-refractivity contribution in [1.29, 1.82) is 0 Å². The van der Waals surface area contributed by atoms with Crippen LogP contribution in [-0.2, 0) is 4.79 Å². The number of hydrogen-bond donors (Lipinski definition) is 0. The molecule has 0 rings (SSSR count). The summed E-state index contributed by atoms with van der Waals surface area (Å²) in [6.07, 6.45) is 6.21. The molecule has 0 heterocycles. The Bertz CT molecular complexity index is 216. The maximum absolute atomic E-state index is 10.8. The second-order valence-electron chi connectivity index (χ2n) is 3.25. The van der Waals surface area contributed by atoms with Gasteiger partial charge < -0.3 is 4.90 Å². The van der Waals surface area contributed by atoms with Gasteiger partial charge in [0.15, 0.2) is 0 Å². The smallest absolute Gasteiger partial charge is 0.211 e. The number of nitrogens with zero attached hydrogens (tertiary/aromatic N) is 2. The van der Waals surface area contributed by atoms with Crippen molar-refractivity contribution in [2.75, 3.05) is 19.6 Å². The van der Waals surface area contributed by atoms with Crippen molar-refractivity contribution < 1.29 is 4.79 Å². The largest absolute Gasteiger partial charge is 0.326 e. The molecule has 0 saturated heterocycles. The Balaban J connectivity index is 4.47. The summed E-state index contributed by atoms with van der Waals surface area (Å²) in [4.78, 5) is 14.6. The second kappa shape index (κ2) is 8.00. The monoisotopic (exact) mass is 208 g/mol. The van der Waals surface area contributed by atoms with Gasteiger partial charge in [-0.25, -0.2) is 0 Å². The highest BCUT2D eigenvalue weighted by atomic mass is 16.1. The fourth-order valence-electron chi connectivity index (χ4n) is 1.35. The molecule has 0 aromatic heterocycles. The summed E-state index contributed by atoms with van der Waals surface area (Å²) in [5, 5.41) is 0. The van der Waals surface area contributed by atoms with Crippen LogP contribution in [0.2, 0.25) is 0 Å². The molecule has 0 aliphatic heterocycles. The van der Waals surface area contributed by atoms with E-state index in [1.807, 2.05) is 19.1 Å². The van der Waals surface area contributed by atoms with Crippen LogP contribution in [-0.4, -0.2) is 42.0 Å². The zero-order valence-corrected chi connectivity index (χ0v) is 9.43. The van der Waals surface area contributed by atoms with Gasteiger partial charge in [0.05, 0.1) is 6.17 Å². The molecule has 0 aliphatic carbocycles. The van der Waals surface area contributed by atoms with E-state index in [2.05, 4.69) is 24.6 Å². The molecule has 0 aromatic carbocycles. The average molecular weight is 208 g/mol. The van der Waals surface area contributed by atoms with Crippen molar-refractivity contribution in [2.45, 2.75) is 13.1 Å². The summed E-state index contributed by atoms with van der Waals surface area (Å²) in [5.41, 5.74) is 0. The van der Waals surface area contributed by atoms with Crippen LogP contribution in [0.5, 0.6) is 0 Å². The predicted molar refractivity (Wildman–Crippen MR) is 64.4 cm³/mol. The van der Waals surface area contributed by atoms with Crippen LogP contribution >= 0.6 is 0 Å². The van der Waals surface area contributed by atoms with Crippen molar-refractivity contribution >= 4 is 6.41 Å². The van der Waals surface area contributed by atoms with Crippen molar-refractivity contribution in [1.82, 2.24) is 9.80 Å². The fraction of sp³-hybridized carbons (Fsp3) is 0.417. The van der Waals surface area contributed by atoms with E-state index in [4.69, 9.17) is 0 Å². The Hall–Kier alpha value is -1.35. The molecule has 0 bridgehead atoms. The van der Waals surface area contributed by atoms with E-state index in [1.54, 1.807) is 11.0 Å². The van der Waals surface area contributed by atoms with Gasteiger partial charge in [-0.2, -0.15) is 0 Å². The summed E-state index contributed by atoms with van der Waals surface area (Å²) in [5.74, 6) is 0. The van der Waals surface area contributed by atoms with Crippen LogP contribution in [0.4, 0.5) is 0 Å². The Labute approximate surface area is 92.4 Å². The van der Waals surface area contributed by atoms with Gasteiger partial charge >= 0.3 is 0 Å². The lowest BCUT2D eigenvalue weighted by atomic mass is 10.3. The third-order valence-corrected chi connectivity index (χ3v) is 2.21. The van der Waals surface area contributed by atoms with E-state index in [-0.39, 0.29) is 6.17 Å². The third kappa shape index (κ3) is 4.61. The van der Waals surface area contributed by atoms with Crippen molar-refractivity contribution in [3.05, 3.63) is 38.0 Å². The topological polar surface area (TPSA) is 23.6 Å². The summed E-state index contributed by atoms with van der Waals surface area (Å²) >= 11 is 0. The second-order valence-corrected chi connectivity index (χ2v) is 3.25. The first-order chi connectivity index (χ1) is 7.21. The highest BCUT2D eigenvalue weighted by Gasteiger charge is 2.16. The van der Waals surface area contributed by atoms with Gasteiger partial charge in [0.25, 0.3) is 0 Å². The molecule has 0 saturated carbocycles. The van der Waals surface area contributed by atoms with Gasteiger partial charge in [-0.1, -0.05) is 18.2 Å². The van der Waals surface area contributed by atoms with E-state index in [1.165, 1.54) is 0 Å². The van der Waals surface area contributed by atoms with Crippen LogP contribution < -0.4 is 0 Å². The van der Waals surface area contributed by atoms with E-state index in [0.717, 1.165) is 19.5 Å². The number of rotatable bonds is 9. The van der Waals surface area contributed by atoms with Crippen molar-refractivity contribution in [3.63, 3.8) is 0 Å². The molecule has 0 radical (unpaired) electrons. The molecule has 84 valence electrons. The Morgan fingerprint density at radius 1 is 1.07 bits per heavy atom. The SMILES string of the molecule is C=CCN(C=O)C(C)N(CC=C)CC=C. The van der Waals surface area contributed by atoms with E-state index in [0.29, 0.717) is 6.54 Å². The predicted octanol–water partition coefficient (Wildman–Crippen LogP) is 1.65. The number of amides is 1.